The van der Waals surface area contributed by atoms with Gasteiger partial charge in [-0.15, -0.1) is 0 Å². The zero-order chi connectivity index (χ0) is 10.8. The molecule has 0 spiro atoms. The van der Waals surface area contributed by atoms with E-state index >= 15 is 0 Å². The van der Waals surface area contributed by atoms with E-state index in [1.807, 2.05) is 6.92 Å². The molecule has 0 bridgehead atoms. The standard InChI is InChI=1S/C10H18N4O/c1-3-14-9(12-13(2)10(14)15)8-5-4-6-11-7-8/h8,11H,3-7H2,1-2H3. The van der Waals surface area contributed by atoms with Crippen molar-refractivity contribution in [2.75, 3.05) is 13.1 Å². The Bertz CT molecular complexity index is 387. The predicted molar refractivity (Wildman–Crippen MR) is 58.0 cm³/mol. The molecule has 0 radical (unpaired) electrons. The number of piperidine rings is 1. The smallest absolute Gasteiger partial charge is 0.316 e. The van der Waals surface area contributed by atoms with E-state index in [0.717, 1.165) is 25.3 Å². The van der Waals surface area contributed by atoms with Gasteiger partial charge < -0.3 is 5.32 Å². The van der Waals surface area contributed by atoms with Gasteiger partial charge in [-0.2, -0.15) is 5.10 Å². The molecular weight excluding hydrogens is 192 g/mol. The minimum Gasteiger partial charge on any atom is -0.316 e. The van der Waals surface area contributed by atoms with E-state index < -0.39 is 0 Å². The van der Waals surface area contributed by atoms with Gasteiger partial charge >= 0.3 is 5.69 Å². The average Bonchev–Trinajstić information content (AvgIpc) is 2.56. The summed E-state index contributed by atoms with van der Waals surface area (Å²) in [7, 11) is 1.72. The number of hydrogen-bond donors (Lipinski definition) is 1. The molecular formula is C10H18N4O. The quantitative estimate of drug-likeness (QED) is 0.751. The molecule has 0 amide bonds. The fraction of sp³-hybridized carbons (Fsp3) is 0.800. The first kappa shape index (κ1) is 10.4. The van der Waals surface area contributed by atoms with E-state index in [0.29, 0.717) is 12.5 Å². The fourth-order valence-corrected chi connectivity index (χ4v) is 2.19. The molecule has 0 saturated carbocycles. The summed E-state index contributed by atoms with van der Waals surface area (Å²) in [6.45, 7) is 4.72. The monoisotopic (exact) mass is 210 g/mol. The van der Waals surface area contributed by atoms with Crippen LogP contribution in [0, 0.1) is 0 Å². The van der Waals surface area contributed by atoms with E-state index in [2.05, 4.69) is 10.4 Å². The molecule has 5 nitrogen and oxygen atoms in total. The Kier molecular flexibility index (Phi) is 2.90. The molecule has 2 rings (SSSR count). The zero-order valence-corrected chi connectivity index (χ0v) is 9.36. The van der Waals surface area contributed by atoms with Gasteiger partial charge in [0.15, 0.2) is 0 Å². The second-order valence-corrected chi connectivity index (χ2v) is 4.05. The van der Waals surface area contributed by atoms with Crippen LogP contribution in [0.4, 0.5) is 0 Å². The number of nitrogens with one attached hydrogen (secondary N) is 1. The van der Waals surface area contributed by atoms with Crippen LogP contribution in [0.3, 0.4) is 0 Å². The molecule has 1 aromatic rings. The first-order chi connectivity index (χ1) is 7.24. The largest absolute Gasteiger partial charge is 0.345 e. The van der Waals surface area contributed by atoms with Crippen molar-refractivity contribution in [2.45, 2.75) is 32.2 Å². The maximum atomic E-state index is 11.7. The third-order valence-electron chi connectivity index (χ3n) is 3.01. The van der Waals surface area contributed by atoms with Crippen molar-refractivity contribution in [1.82, 2.24) is 19.7 Å². The second kappa shape index (κ2) is 4.18. The van der Waals surface area contributed by atoms with Crippen molar-refractivity contribution in [2.24, 2.45) is 7.05 Å². The Morgan fingerprint density at radius 3 is 3.00 bits per heavy atom. The van der Waals surface area contributed by atoms with Crippen LogP contribution in [0.1, 0.15) is 31.5 Å². The summed E-state index contributed by atoms with van der Waals surface area (Å²) in [5.74, 6) is 1.34. The highest BCUT2D eigenvalue weighted by molar-refractivity contribution is 5.00. The zero-order valence-electron chi connectivity index (χ0n) is 9.36. The van der Waals surface area contributed by atoms with Crippen LogP contribution in [-0.4, -0.2) is 27.4 Å². The third-order valence-corrected chi connectivity index (χ3v) is 3.01. The highest BCUT2D eigenvalue weighted by Crippen LogP contribution is 2.20. The number of nitrogens with zero attached hydrogens (tertiary/aromatic N) is 3. The van der Waals surface area contributed by atoms with Crippen LogP contribution >= 0.6 is 0 Å². The molecule has 1 aliphatic heterocycles. The summed E-state index contributed by atoms with van der Waals surface area (Å²) in [6.07, 6.45) is 2.29. The van der Waals surface area contributed by atoms with Gasteiger partial charge in [-0.3, -0.25) is 4.57 Å². The lowest BCUT2D eigenvalue weighted by Crippen LogP contribution is -2.31. The molecule has 15 heavy (non-hydrogen) atoms. The summed E-state index contributed by atoms with van der Waals surface area (Å²) in [5.41, 5.74) is -0.00178. The van der Waals surface area contributed by atoms with Crippen molar-refractivity contribution in [3.63, 3.8) is 0 Å². The molecule has 1 fully saturated rings. The van der Waals surface area contributed by atoms with Crippen molar-refractivity contribution in [3.05, 3.63) is 16.3 Å². The summed E-state index contributed by atoms with van der Waals surface area (Å²) in [5, 5.41) is 7.68. The summed E-state index contributed by atoms with van der Waals surface area (Å²) < 4.78 is 3.21. The lowest BCUT2D eigenvalue weighted by atomic mass is 9.99. The minimum atomic E-state index is -0.00178. The van der Waals surface area contributed by atoms with Crippen LogP contribution in [0.2, 0.25) is 0 Å². The Balaban J connectivity index is 2.33. The van der Waals surface area contributed by atoms with Crippen molar-refractivity contribution >= 4 is 0 Å². The highest BCUT2D eigenvalue weighted by Gasteiger charge is 2.22. The lowest BCUT2D eigenvalue weighted by molar-refractivity contribution is 0.431. The van der Waals surface area contributed by atoms with Crippen LogP contribution in [0.5, 0.6) is 0 Å². The van der Waals surface area contributed by atoms with Crippen molar-refractivity contribution in [1.29, 1.82) is 0 Å². The Hall–Kier alpha value is -1.10. The second-order valence-electron chi connectivity index (χ2n) is 4.05. The topological polar surface area (TPSA) is 51.9 Å². The van der Waals surface area contributed by atoms with Gasteiger partial charge in [-0.25, -0.2) is 9.48 Å². The number of hydrogen-bond acceptors (Lipinski definition) is 3. The molecule has 2 heterocycles. The first-order valence-electron chi connectivity index (χ1n) is 5.58. The lowest BCUT2D eigenvalue weighted by Gasteiger charge is -2.21. The van der Waals surface area contributed by atoms with E-state index in [9.17, 15) is 4.79 Å². The molecule has 0 aromatic carbocycles. The maximum Gasteiger partial charge on any atom is 0.345 e. The molecule has 1 unspecified atom stereocenters. The van der Waals surface area contributed by atoms with Crippen LogP contribution in [-0.2, 0) is 13.6 Å². The van der Waals surface area contributed by atoms with Gasteiger partial charge in [0.1, 0.15) is 5.82 Å². The third kappa shape index (κ3) is 1.84. The molecule has 1 N–H and O–H groups in total. The Morgan fingerprint density at radius 1 is 1.60 bits per heavy atom. The Labute approximate surface area is 89.1 Å². The van der Waals surface area contributed by atoms with Crippen LogP contribution in [0.15, 0.2) is 4.79 Å². The van der Waals surface area contributed by atoms with Gasteiger partial charge in [0, 0.05) is 26.1 Å². The van der Waals surface area contributed by atoms with Gasteiger partial charge in [-0.1, -0.05) is 0 Å². The molecule has 1 saturated heterocycles. The van der Waals surface area contributed by atoms with E-state index in [1.54, 1.807) is 11.6 Å². The number of aromatic nitrogens is 3. The molecule has 5 heteroatoms. The molecule has 84 valence electrons. The molecule has 0 aliphatic carbocycles. The maximum absolute atomic E-state index is 11.7. The minimum absolute atomic E-state index is 0.00178. The first-order valence-corrected chi connectivity index (χ1v) is 5.58. The van der Waals surface area contributed by atoms with Gasteiger partial charge in [0.25, 0.3) is 0 Å². The number of aryl methyl sites for hydroxylation is 1. The van der Waals surface area contributed by atoms with E-state index in [1.165, 1.54) is 11.1 Å². The molecule has 1 atom stereocenters. The van der Waals surface area contributed by atoms with E-state index in [4.69, 9.17) is 0 Å². The summed E-state index contributed by atoms with van der Waals surface area (Å²) in [6, 6.07) is 0. The normalized spacial score (nSPS) is 21.9. The number of rotatable bonds is 2. The fourth-order valence-electron chi connectivity index (χ4n) is 2.19. The van der Waals surface area contributed by atoms with Crippen molar-refractivity contribution < 1.29 is 0 Å². The van der Waals surface area contributed by atoms with Gasteiger partial charge in [-0.05, 0) is 26.3 Å². The summed E-state index contributed by atoms with van der Waals surface area (Å²) in [4.78, 5) is 11.7. The predicted octanol–water partition coefficient (Wildman–Crippen LogP) is 0.0687. The Morgan fingerprint density at radius 2 is 2.40 bits per heavy atom. The molecule has 1 aromatic heterocycles. The average molecular weight is 210 g/mol. The molecule has 1 aliphatic rings. The summed E-state index contributed by atoms with van der Waals surface area (Å²) >= 11 is 0. The van der Waals surface area contributed by atoms with Crippen LogP contribution in [0.25, 0.3) is 0 Å². The SMILES string of the molecule is CCn1c(C2CCCNC2)nn(C)c1=O. The van der Waals surface area contributed by atoms with Crippen LogP contribution < -0.4 is 11.0 Å². The van der Waals surface area contributed by atoms with Crippen molar-refractivity contribution in [3.8, 4) is 0 Å². The van der Waals surface area contributed by atoms with Gasteiger partial charge in [0.2, 0.25) is 0 Å². The van der Waals surface area contributed by atoms with E-state index in [-0.39, 0.29) is 5.69 Å². The highest BCUT2D eigenvalue weighted by atomic mass is 16.2. The van der Waals surface area contributed by atoms with Gasteiger partial charge in [0.05, 0.1) is 0 Å².